The van der Waals surface area contributed by atoms with Crippen molar-refractivity contribution in [2.75, 3.05) is 0 Å². The maximum absolute atomic E-state index is 12.0. The van der Waals surface area contributed by atoms with Crippen LogP contribution in [-0.4, -0.2) is 42.8 Å². The van der Waals surface area contributed by atoms with Crippen molar-refractivity contribution in [1.29, 1.82) is 0 Å². The Bertz CT molecular complexity index is 649. The molecule has 1 fully saturated rings. The Morgan fingerprint density at radius 1 is 1.38 bits per heavy atom. The molecule has 1 atom stereocenters. The van der Waals surface area contributed by atoms with E-state index in [-0.39, 0.29) is 5.92 Å². The van der Waals surface area contributed by atoms with Gasteiger partial charge >= 0.3 is 5.97 Å². The van der Waals surface area contributed by atoms with Crippen LogP contribution in [0.1, 0.15) is 23.2 Å². The number of aliphatic carboxylic acids is 1. The molecule has 108 valence electrons. The SMILES string of the molecule is O=C(NC(C(=O)O)C1CC1)c1ccc(-n2cncn2)nc1. The highest BCUT2D eigenvalue weighted by molar-refractivity contribution is 5.96. The molecule has 2 aromatic heterocycles. The maximum atomic E-state index is 12.0. The Balaban J connectivity index is 1.71. The number of nitrogens with one attached hydrogen (secondary N) is 1. The molecule has 0 aliphatic heterocycles. The lowest BCUT2D eigenvalue weighted by Gasteiger charge is -2.13. The number of carboxylic acids is 1. The van der Waals surface area contributed by atoms with Crippen molar-refractivity contribution in [2.45, 2.75) is 18.9 Å². The van der Waals surface area contributed by atoms with Gasteiger partial charge in [0.1, 0.15) is 18.7 Å². The molecule has 1 saturated carbocycles. The van der Waals surface area contributed by atoms with Crippen molar-refractivity contribution in [1.82, 2.24) is 25.1 Å². The first-order valence-electron chi connectivity index (χ1n) is 6.50. The summed E-state index contributed by atoms with van der Waals surface area (Å²) < 4.78 is 1.46. The largest absolute Gasteiger partial charge is 0.480 e. The second kappa shape index (κ2) is 5.31. The van der Waals surface area contributed by atoms with E-state index in [1.54, 1.807) is 12.1 Å². The third kappa shape index (κ3) is 2.88. The van der Waals surface area contributed by atoms with E-state index in [0.717, 1.165) is 12.8 Å². The van der Waals surface area contributed by atoms with Gasteiger partial charge in [-0.1, -0.05) is 0 Å². The number of carbonyl (C=O) groups excluding carboxylic acids is 1. The van der Waals surface area contributed by atoms with Crippen LogP contribution in [0.3, 0.4) is 0 Å². The van der Waals surface area contributed by atoms with E-state index in [2.05, 4.69) is 20.4 Å². The third-order valence-corrected chi connectivity index (χ3v) is 3.31. The van der Waals surface area contributed by atoms with Crippen molar-refractivity contribution in [3.05, 3.63) is 36.5 Å². The topological polar surface area (TPSA) is 110 Å². The van der Waals surface area contributed by atoms with Crippen molar-refractivity contribution in [2.24, 2.45) is 5.92 Å². The summed E-state index contributed by atoms with van der Waals surface area (Å²) in [7, 11) is 0. The van der Waals surface area contributed by atoms with Crippen LogP contribution < -0.4 is 5.32 Å². The highest BCUT2D eigenvalue weighted by Crippen LogP contribution is 2.32. The molecule has 8 nitrogen and oxygen atoms in total. The highest BCUT2D eigenvalue weighted by Gasteiger charge is 2.37. The smallest absolute Gasteiger partial charge is 0.326 e. The quantitative estimate of drug-likeness (QED) is 0.816. The predicted molar refractivity (Wildman–Crippen MR) is 70.8 cm³/mol. The Morgan fingerprint density at radius 2 is 2.19 bits per heavy atom. The van der Waals surface area contributed by atoms with E-state index in [4.69, 9.17) is 5.11 Å². The van der Waals surface area contributed by atoms with Crippen LogP contribution in [0.25, 0.3) is 5.82 Å². The molecule has 1 aliphatic carbocycles. The number of hydrogen-bond donors (Lipinski definition) is 2. The molecule has 0 radical (unpaired) electrons. The molecule has 0 saturated heterocycles. The van der Waals surface area contributed by atoms with E-state index in [0.29, 0.717) is 11.4 Å². The van der Waals surface area contributed by atoms with Gasteiger partial charge in [-0.2, -0.15) is 5.10 Å². The minimum absolute atomic E-state index is 0.0360. The zero-order valence-corrected chi connectivity index (χ0v) is 11.0. The Morgan fingerprint density at radius 3 is 2.71 bits per heavy atom. The number of nitrogens with zero attached hydrogens (tertiary/aromatic N) is 4. The first kappa shape index (κ1) is 13.2. The van der Waals surface area contributed by atoms with Crippen molar-refractivity contribution < 1.29 is 14.7 Å². The summed E-state index contributed by atoms with van der Waals surface area (Å²) in [5.74, 6) is -0.875. The van der Waals surface area contributed by atoms with Crippen LogP contribution in [0.2, 0.25) is 0 Å². The van der Waals surface area contributed by atoms with Gasteiger partial charge in [-0.15, -0.1) is 0 Å². The minimum Gasteiger partial charge on any atom is -0.480 e. The summed E-state index contributed by atoms with van der Waals surface area (Å²) in [6.07, 6.45) is 5.94. The number of rotatable bonds is 5. The van der Waals surface area contributed by atoms with Crippen LogP contribution in [0, 0.1) is 5.92 Å². The molecular formula is C13H13N5O3. The minimum atomic E-state index is -1.00. The van der Waals surface area contributed by atoms with Gasteiger partial charge in [0.05, 0.1) is 5.56 Å². The monoisotopic (exact) mass is 287 g/mol. The number of carbonyl (C=O) groups is 2. The summed E-state index contributed by atoms with van der Waals surface area (Å²) in [6, 6.07) is 2.37. The maximum Gasteiger partial charge on any atom is 0.326 e. The summed E-state index contributed by atoms with van der Waals surface area (Å²) in [4.78, 5) is 31.1. The fraction of sp³-hybridized carbons (Fsp3) is 0.308. The van der Waals surface area contributed by atoms with E-state index in [1.807, 2.05) is 0 Å². The van der Waals surface area contributed by atoms with E-state index < -0.39 is 17.9 Å². The predicted octanol–water partition coefficient (Wildman–Crippen LogP) is 0.255. The van der Waals surface area contributed by atoms with Gasteiger partial charge < -0.3 is 10.4 Å². The molecule has 21 heavy (non-hydrogen) atoms. The second-order valence-electron chi connectivity index (χ2n) is 4.87. The van der Waals surface area contributed by atoms with E-state index in [1.165, 1.54) is 23.5 Å². The normalized spacial score (nSPS) is 15.4. The second-order valence-corrected chi connectivity index (χ2v) is 4.87. The van der Waals surface area contributed by atoms with Crippen LogP contribution in [0.5, 0.6) is 0 Å². The zero-order chi connectivity index (χ0) is 14.8. The third-order valence-electron chi connectivity index (χ3n) is 3.31. The number of hydrogen-bond acceptors (Lipinski definition) is 5. The van der Waals surface area contributed by atoms with Gasteiger partial charge in [-0.25, -0.2) is 19.4 Å². The molecule has 0 spiro atoms. The molecule has 2 heterocycles. The molecular weight excluding hydrogens is 274 g/mol. The molecule has 0 bridgehead atoms. The molecule has 1 unspecified atom stereocenters. The molecule has 8 heteroatoms. The van der Waals surface area contributed by atoms with Crippen LogP contribution in [-0.2, 0) is 4.79 Å². The van der Waals surface area contributed by atoms with Crippen LogP contribution in [0.15, 0.2) is 31.0 Å². The summed E-state index contributed by atoms with van der Waals surface area (Å²) in [6.45, 7) is 0. The molecule has 0 aromatic carbocycles. The van der Waals surface area contributed by atoms with Gasteiger partial charge in [-0.05, 0) is 30.9 Å². The highest BCUT2D eigenvalue weighted by atomic mass is 16.4. The standard InChI is InChI=1S/C13H13N5O3/c19-12(17-11(13(20)21)8-1-2-8)9-3-4-10(15-5-9)18-7-14-6-16-18/h3-8,11H,1-2H2,(H,17,19)(H,20,21). The van der Waals surface area contributed by atoms with E-state index >= 15 is 0 Å². The van der Waals surface area contributed by atoms with Crippen LogP contribution >= 0.6 is 0 Å². The van der Waals surface area contributed by atoms with Gasteiger partial charge in [0.2, 0.25) is 0 Å². The lowest BCUT2D eigenvalue weighted by Crippen LogP contribution is -2.42. The van der Waals surface area contributed by atoms with E-state index in [9.17, 15) is 9.59 Å². The first-order valence-corrected chi connectivity index (χ1v) is 6.50. The zero-order valence-electron chi connectivity index (χ0n) is 11.0. The molecule has 2 aromatic rings. The summed E-state index contributed by atoms with van der Waals surface area (Å²) >= 11 is 0. The average molecular weight is 287 g/mol. The van der Waals surface area contributed by atoms with Gasteiger partial charge in [0.25, 0.3) is 5.91 Å². The summed E-state index contributed by atoms with van der Waals surface area (Å²) in [5.41, 5.74) is 0.311. The Hall–Kier alpha value is -2.77. The van der Waals surface area contributed by atoms with Crippen molar-refractivity contribution >= 4 is 11.9 Å². The van der Waals surface area contributed by atoms with Gasteiger partial charge in [0.15, 0.2) is 5.82 Å². The Labute approximate surface area is 119 Å². The number of amides is 1. The molecule has 2 N–H and O–H groups in total. The summed E-state index contributed by atoms with van der Waals surface area (Å²) in [5, 5.41) is 15.6. The average Bonchev–Trinajstić information content (AvgIpc) is 3.17. The lowest BCUT2D eigenvalue weighted by molar-refractivity contribution is -0.139. The fourth-order valence-corrected chi connectivity index (χ4v) is 2.02. The first-order chi connectivity index (χ1) is 10.1. The Kier molecular flexibility index (Phi) is 3.35. The number of aromatic nitrogens is 4. The molecule has 1 aliphatic rings. The molecule has 1 amide bonds. The van der Waals surface area contributed by atoms with Gasteiger partial charge in [-0.3, -0.25) is 4.79 Å². The molecule has 3 rings (SSSR count). The number of carboxylic acid groups (broad SMARTS) is 1. The number of pyridine rings is 1. The van der Waals surface area contributed by atoms with Crippen molar-refractivity contribution in [3.63, 3.8) is 0 Å². The van der Waals surface area contributed by atoms with Gasteiger partial charge in [0, 0.05) is 6.20 Å². The lowest BCUT2D eigenvalue weighted by atomic mass is 10.1. The van der Waals surface area contributed by atoms with Crippen LogP contribution in [0.4, 0.5) is 0 Å². The fourth-order valence-electron chi connectivity index (χ4n) is 2.02. The van der Waals surface area contributed by atoms with Crippen molar-refractivity contribution in [3.8, 4) is 5.82 Å².